The third-order valence-corrected chi connectivity index (χ3v) is 6.77. The summed E-state index contributed by atoms with van der Waals surface area (Å²) in [7, 11) is 0. The summed E-state index contributed by atoms with van der Waals surface area (Å²) in [5.74, 6) is 2.39. The zero-order chi connectivity index (χ0) is 23.8. The second-order valence-electron chi connectivity index (χ2n) is 8.93. The van der Waals surface area contributed by atoms with Gasteiger partial charge in [0.25, 0.3) is 0 Å². The Balaban J connectivity index is 1.43. The maximum atomic E-state index is 5.67. The normalized spacial score (nSPS) is 16.5. The zero-order valence-electron chi connectivity index (χ0n) is 19.9. The van der Waals surface area contributed by atoms with Crippen LogP contribution in [0.5, 0.6) is 11.5 Å². The highest BCUT2D eigenvalue weighted by atomic mass is 16.7. The second kappa shape index (κ2) is 9.16. The summed E-state index contributed by atoms with van der Waals surface area (Å²) < 4.78 is 21.0. The van der Waals surface area contributed by atoms with Gasteiger partial charge in [0.15, 0.2) is 17.3 Å². The summed E-state index contributed by atoms with van der Waals surface area (Å²) in [4.78, 5) is 2.42. The number of ether oxygens (including phenoxy) is 3. The molecule has 2 aliphatic rings. The number of aromatic nitrogens is 5. The van der Waals surface area contributed by atoms with E-state index in [4.69, 9.17) is 14.2 Å². The summed E-state index contributed by atoms with van der Waals surface area (Å²) in [6.07, 6.45) is 0. The Morgan fingerprint density at radius 3 is 2.57 bits per heavy atom. The summed E-state index contributed by atoms with van der Waals surface area (Å²) >= 11 is 0. The molecule has 1 saturated heterocycles. The molecular formula is C26H28N6O3. The molecule has 6 rings (SSSR count). The average molecular weight is 473 g/mol. The molecule has 0 amide bonds. The Kier molecular flexibility index (Phi) is 5.71. The van der Waals surface area contributed by atoms with E-state index in [0.717, 1.165) is 53.1 Å². The number of morpholine rings is 1. The van der Waals surface area contributed by atoms with Gasteiger partial charge in [-0.3, -0.25) is 4.90 Å². The minimum atomic E-state index is -0.0911. The number of aryl methyl sites for hydroxylation is 1. The first kappa shape index (κ1) is 21.8. The Labute approximate surface area is 203 Å². The van der Waals surface area contributed by atoms with E-state index in [-0.39, 0.29) is 12.8 Å². The molecule has 180 valence electrons. The molecule has 4 aromatic rings. The van der Waals surface area contributed by atoms with E-state index in [2.05, 4.69) is 63.1 Å². The van der Waals surface area contributed by atoms with E-state index in [9.17, 15) is 0 Å². The molecule has 2 aliphatic heterocycles. The fourth-order valence-corrected chi connectivity index (χ4v) is 5.10. The Bertz CT molecular complexity index is 1330. The minimum absolute atomic E-state index is 0.0911. The molecule has 0 N–H and O–H groups in total. The zero-order valence-corrected chi connectivity index (χ0v) is 19.9. The topological polar surface area (TPSA) is 79.5 Å². The molecule has 1 fully saturated rings. The van der Waals surface area contributed by atoms with Crippen molar-refractivity contribution >= 4 is 0 Å². The molecule has 0 bridgehead atoms. The molecule has 9 heteroatoms. The first-order chi connectivity index (χ1) is 17.2. The third-order valence-electron chi connectivity index (χ3n) is 6.77. The highest BCUT2D eigenvalue weighted by Crippen LogP contribution is 2.37. The van der Waals surface area contributed by atoms with E-state index in [1.807, 2.05) is 35.0 Å². The Morgan fingerprint density at radius 2 is 1.74 bits per heavy atom. The highest BCUT2D eigenvalue weighted by Gasteiger charge is 2.32. The van der Waals surface area contributed by atoms with Crippen LogP contribution in [0.1, 0.15) is 34.4 Å². The van der Waals surface area contributed by atoms with Gasteiger partial charge in [-0.05, 0) is 53.6 Å². The molecule has 0 saturated carbocycles. The molecule has 4 heterocycles. The molecule has 2 aromatic carbocycles. The van der Waals surface area contributed by atoms with Gasteiger partial charge in [0, 0.05) is 36.2 Å². The van der Waals surface area contributed by atoms with Gasteiger partial charge in [-0.2, -0.15) is 0 Å². The lowest BCUT2D eigenvalue weighted by atomic mass is 10.0. The van der Waals surface area contributed by atoms with Crippen molar-refractivity contribution in [2.24, 2.45) is 0 Å². The van der Waals surface area contributed by atoms with Crippen molar-refractivity contribution in [1.82, 2.24) is 29.7 Å². The molecule has 0 spiro atoms. The molecule has 0 radical (unpaired) electrons. The first-order valence-electron chi connectivity index (χ1n) is 11.9. The number of nitrogens with zero attached hydrogens (tertiary/aromatic N) is 6. The number of benzene rings is 2. The maximum absolute atomic E-state index is 5.67. The third kappa shape index (κ3) is 4.06. The molecule has 35 heavy (non-hydrogen) atoms. The summed E-state index contributed by atoms with van der Waals surface area (Å²) in [5, 5.41) is 13.0. The van der Waals surface area contributed by atoms with Crippen molar-refractivity contribution in [3.8, 4) is 17.2 Å². The van der Waals surface area contributed by atoms with Crippen molar-refractivity contribution in [3.63, 3.8) is 0 Å². The number of hydrogen-bond donors (Lipinski definition) is 0. The van der Waals surface area contributed by atoms with Crippen molar-refractivity contribution in [1.29, 1.82) is 0 Å². The van der Waals surface area contributed by atoms with Crippen LogP contribution in [0.15, 0.2) is 54.6 Å². The minimum Gasteiger partial charge on any atom is -0.454 e. The van der Waals surface area contributed by atoms with E-state index in [1.165, 1.54) is 5.56 Å². The van der Waals surface area contributed by atoms with Crippen LogP contribution in [-0.2, 0) is 11.3 Å². The lowest BCUT2D eigenvalue weighted by Gasteiger charge is -2.34. The van der Waals surface area contributed by atoms with Crippen LogP contribution in [0.3, 0.4) is 0 Å². The second-order valence-corrected chi connectivity index (χ2v) is 8.93. The van der Waals surface area contributed by atoms with Crippen LogP contribution in [-0.4, -0.2) is 62.8 Å². The van der Waals surface area contributed by atoms with Crippen molar-refractivity contribution < 1.29 is 14.2 Å². The standard InChI is InChI=1S/C26H28N6O3/c1-18-14-22(19(2)32(18)21-8-9-23-24(15-21)35-17-34-23)25(30-10-12-33-13-11-30)26-27-28-29-31(26)16-20-6-4-3-5-7-20/h3-9,14-15,25H,10-13,16-17H2,1-2H3/t25-/m0/s1. The van der Waals surface area contributed by atoms with Gasteiger partial charge in [0.1, 0.15) is 0 Å². The Morgan fingerprint density at radius 1 is 0.943 bits per heavy atom. The smallest absolute Gasteiger partial charge is 0.231 e. The fourth-order valence-electron chi connectivity index (χ4n) is 5.10. The van der Waals surface area contributed by atoms with Crippen LogP contribution < -0.4 is 9.47 Å². The van der Waals surface area contributed by atoms with Crippen LogP contribution in [0, 0.1) is 13.8 Å². The average Bonchev–Trinajstić information content (AvgIpc) is 3.60. The van der Waals surface area contributed by atoms with Gasteiger partial charge < -0.3 is 18.8 Å². The molecule has 0 aliphatic carbocycles. The number of rotatable bonds is 6. The first-order valence-corrected chi connectivity index (χ1v) is 11.9. The summed E-state index contributed by atoms with van der Waals surface area (Å²) in [6, 6.07) is 18.5. The molecule has 9 nitrogen and oxygen atoms in total. The summed E-state index contributed by atoms with van der Waals surface area (Å²) in [5.41, 5.74) is 5.67. The van der Waals surface area contributed by atoms with Crippen molar-refractivity contribution in [2.75, 3.05) is 33.1 Å². The van der Waals surface area contributed by atoms with Gasteiger partial charge in [-0.15, -0.1) is 5.10 Å². The van der Waals surface area contributed by atoms with Crippen LogP contribution >= 0.6 is 0 Å². The lowest BCUT2D eigenvalue weighted by molar-refractivity contribution is 0.0215. The van der Waals surface area contributed by atoms with E-state index in [1.54, 1.807) is 0 Å². The molecule has 1 atom stereocenters. The molecule has 2 aromatic heterocycles. The van der Waals surface area contributed by atoms with Gasteiger partial charge in [0.2, 0.25) is 6.79 Å². The number of hydrogen-bond acceptors (Lipinski definition) is 7. The lowest BCUT2D eigenvalue weighted by Crippen LogP contribution is -2.40. The Hall–Kier alpha value is -3.69. The number of tetrazole rings is 1. The van der Waals surface area contributed by atoms with E-state index < -0.39 is 0 Å². The monoisotopic (exact) mass is 472 g/mol. The molecule has 0 unspecified atom stereocenters. The maximum Gasteiger partial charge on any atom is 0.231 e. The van der Waals surface area contributed by atoms with E-state index in [0.29, 0.717) is 19.8 Å². The van der Waals surface area contributed by atoms with Crippen molar-refractivity contribution in [2.45, 2.75) is 26.4 Å². The number of fused-ring (bicyclic) bond motifs is 1. The van der Waals surface area contributed by atoms with Crippen LogP contribution in [0.2, 0.25) is 0 Å². The largest absolute Gasteiger partial charge is 0.454 e. The highest BCUT2D eigenvalue weighted by molar-refractivity contribution is 5.52. The van der Waals surface area contributed by atoms with Gasteiger partial charge >= 0.3 is 0 Å². The van der Waals surface area contributed by atoms with Gasteiger partial charge in [0.05, 0.1) is 25.8 Å². The fraction of sp³-hybridized carbons (Fsp3) is 0.346. The van der Waals surface area contributed by atoms with Crippen molar-refractivity contribution in [3.05, 3.63) is 82.9 Å². The van der Waals surface area contributed by atoms with Gasteiger partial charge in [-0.1, -0.05) is 30.3 Å². The van der Waals surface area contributed by atoms with Gasteiger partial charge in [-0.25, -0.2) is 4.68 Å². The molecular weight excluding hydrogens is 444 g/mol. The van der Waals surface area contributed by atoms with Crippen LogP contribution in [0.25, 0.3) is 5.69 Å². The predicted molar refractivity (Wildman–Crippen MR) is 129 cm³/mol. The SMILES string of the molecule is Cc1cc([C@@H](c2nnnn2Cc2ccccc2)N2CCOCC2)c(C)n1-c1ccc2c(c1)OCO2. The summed E-state index contributed by atoms with van der Waals surface area (Å²) in [6.45, 7) is 8.18. The quantitative estimate of drug-likeness (QED) is 0.426. The van der Waals surface area contributed by atoms with Crippen LogP contribution in [0.4, 0.5) is 0 Å². The van der Waals surface area contributed by atoms with E-state index >= 15 is 0 Å². The predicted octanol–water partition coefficient (Wildman–Crippen LogP) is 3.28.